The maximum absolute atomic E-state index is 4.35. The largest absolute Gasteiger partial charge is 0.377 e. The van der Waals surface area contributed by atoms with Crippen molar-refractivity contribution in [3.63, 3.8) is 0 Å². The van der Waals surface area contributed by atoms with E-state index in [1.165, 1.54) is 0 Å². The first kappa shape index (κ1) is 13.5. The van der Waals surface area contributed by atoms with Gasteiger partial charge in [-0.15, -0.1) is 0 Å². The molecule has 0 saturated carbocycles. The Kier molecular flexibility index (Phi) is 4.40. The lowest BCUT2D eigenvalue weighted by molar-refractivity contribution is 0.532. The Balaban J connectivity index is 2.02. The first-order chi connectivity index (χ1) is 8.56. The van der Waals surface area contributed by atoms with Crippen molar-refractivity contribution >= 4 is 37.5 Å². The fourth-order valence-electron chi connectivity index (χ4n) is 1.47. The molecule has 0 amide bonds. The van der Waals surface area contributed by atoms with E-state index >= 15 is 0 Å². The van der Waals surface area contributed by atoms with Gasteiger partial charge in [-0.1, -0.05) is 0 Å². The second kappa shape index (κ2) is 5.84. The molecule has 2 rings (SSSR count). The van der Waals surface area contributed by atoms with E-state index in [1.54, 1.807) is 6.20 Å². The van der Waals surface area contributed by atoms with Gasteiger partial charge < -0.3 is 5.32 Å². The summed E-state index contributed by atoms with van der Waals surface area (Å²) in [6.45, 7) is 4.87. The van der Waals surface area contributed by atoms with Gasteiger partial charge in [0.25, 0.3) is 0 Å². The van der Waals surface area contributed by atoms with Gasteiger partial charge in [0, 0.05) is 27.4 Å². The summed E-state index contributed by atoms with van der Waals surface area (Å²) in [5.74, 6) is 0. The monoisotopic (exact) mass is 372 g/mol. The van der Waals surface area contributed by atoms with Gasteiger partial charge in [-0.3, -0.25) is 9.67 Å². The second-order valence-electron chi connectivity index (χ2n) is 4.24. The molecular weight excluding hydrogens is 360 g/mol. The Bertz CT molecular complexity index is 537. The number of halogens is 2. The molecule has 0 aliphatic rings. The molecule has 0 fully saturated rings. The molecule has 2 heterocycles. The fraction of sp³-hybridized carbons (Fsp3) is 0.333. The van der Waals surface area contributed by atoms with Crippen LogP contribution >= 0.6 is 31.9 Å². The van der Waals surface area contributed by atoms with Crippen LogP contribution in [0, 0.1) is 0 Å². The topological polar surface area (TPSA) is 42.7 Å². The summed E-state index contributed by atoms with van der Waals surface area (Å²) < 4.78 is 3.87. The van der Waals surface area contributed by atoms with Gasteiger partial charge in [-0.05, 0) is 51.8 Å². The number of pyridine rings is 1. The van der Waals surface area contributed by atoms with Crippen LogP contribution in [0.15, 0.2) is 33.6 Å². The van der Waals surface area contributed by atoms with Crippen molar-refractivity contribution in [3.05, 3.63) is 39.3 Å². The molecule has 18 heavy (non-hydrogen) atoms. The van der Waals surface area contributed by atoms with Crippen molar-refractivity contribution in [2.45, 2.75) is 26.4 Å². The molecule has 0 radical (unpaired) electrons. The van der Waals surface area contributed by atoms with E-state index in [0.717, 1.165) is 20.3 Å². The molecule has 0 aromatic carbocycles. The summed E-state index contributed by atoms with van der Waals surface area (Å²) in [6, 6.07) is 2.36. The van der Waals surface area contributed by atoms with Crippen LogP contribution in [-0.4, -0.2) is 14.8 Å². The zero-order valence-electron chi connectivity index (χ0n) is 10.2. The lowest BCUT2D eigenvalue weighted by atomic mass is 10.3. The third-order valence-corrected chi connectivity index (χ3v) is 3.59. The first-order valence-corrected chi connectivity index (χ1v) is 7.23. The van der Waals surface area contributed by atoms with Gasteiger partial charge in [0.05, 0.1) is 24.1 Å². The van der Waals surface area contributed by atoms with Gasteiger partial charge in [-0.2, -0.15) is 5.10 Å². The number of hydrogen-bond acceptors (Lipinski definition) is 3. The highest BCUT2D eigenvalue weighted by Gasteiger charge is 2.04. The third kappa shape index (κ3) is 3.32. The van der Waals surface area contributed by atoms with E-state index in [4.69, 9.17) is 0 Å². The van der Waals surface area contributed by atoms with E-state index < -0.39 is 0 Å². The summed E-state index contributed by atoms with van der Waals surface area (Å²) in [6.07, 6.45) is 5.61. The van der Waals surface area contributed by atoms with Crippen molar-refractivity contribution in [3.8, 4) is 0 Å². The molecular formula is C12H14Br2N4. The van der Waals surface area contributed by atoms with Crippen LogP contribution < -0.4 is 5.32 Å². The van der Waals surface area contributed by atoms with Crippen LogP contribution in [0.2, 0.25) is 0 Å². The molecule has 0 aliphatic carbocycles. The SMILES string of the molecule is CC(C)n1cc(NCc2ncc(Br)cc2Br)cn1. The predicted molar refractivity (Wildman–Crippen MR) is 79.6 cm³/mol. The van der Waals surface area contributed by atoms with Crippen LogP contribution in [0.3, 0.4) is 0 Å². The molecule has 6 heteroatoms. The minimum absolute atomic E-state index is 0.373. The minimum atomic E-state index is 0.373. The van der Waals surface area contributed by atoms with E-state index in [0.29, 0.717) is 12.6 Å². The number of rotatable bonds is 4. The molecule has 0 unspecified atom stereocenters. The number of nitrogens with one attached hydrogen (secondary N) is 1. The number of aromatic nitrogens is 3. The smallest absolute Gasteiger partial charge is 0.0737 e. The third-order valence-electron chi connectivity index (χ3n) is 2.47. The molecule has 0 aliphatic heterocycles. The first-order valence-electron chi connectivity index (χ1n) is 5.64. The summed E-state index contributed by atoms with van der Waals surface area (Å²) >= 11 is 6.88. The summed E-state index contributed by atoms with van der Waals surface area (Å²) in [4.78, 5) is 4.35. The van der Waals surface area contributed by atoms with Crippen molar-refractivity contribution in [2.75, 3.05) is 5.32 Å². The Morgan fingerprint density at radius 1 is 1.33 bits per heavy atom. The van der Waals surface area contributed by atoms with E-state index in [-0.39, 0.29) is 0 Å². The normalized spacial score (nSPS) is 10.9. The summed E-state index contributed by atoms with van der Waals surface area (Å²) in [7, 11) is 0. The van der Waals surface area contributed by atoms with Gasteiger partial charge in [0.15, 0.2) is 0 Å². The average Bonchev–Trinajstić information content (AvgIpc) is 2.76. The Hall–Kier alpha value is -0.880. The number of hydrogen-bond donors (Lipinski definition) is 1. The highest BCUT2D eigenvalue weighted by Crippen LogP contribution is 2.20. The van der Waals surface area contributed by atoms with E-state index in [1.807, 2.05) is 23.1 Å². The molecule has 2 aromatic heterocycles. The molecule has 4 nitrogen and oxygen atoms in total. The van der Waals surface area contributed by atoms with Crippen LogP contribution in [0.1, 0.15) is 25.6 Å². The summed E-state index contributed by atoms with van der Waals surface area (Å²) in [5.41, 5.74) is 1.97. The quantitative estimate of drug-likeness (QED) is 0.880. The van der Waals surface area contributed by atoms with E-state index in [9.17, 15) is 0 Å². The zero-order chi connectivity index (χ0) is 13.1. The average molecular weight is 374 g/mol. The molecule has 1 N–H and O–H groups in total. The minimum Gasteiger partial charge on any atom is -0.377 e. The van der Waals surface area contributed by atoms with Crippen molar-refractivity contribution < 1.29 is 0 Å². The molecule has 0 spiro atoms. The van der Waals surface area contributed by atoms with Crippen LogP contribution in [0.4, 0.5) is 5.69 Å². The fourth-order valence-corrected chi connectivity index (χ4v) is 2.60. The Morgan fingerprint density at radius 3 is 2.72 bits per heavy atom. The van der Waals surface area contributed by atoms with Gasteiger partial charge in [0.2, 0.25) is 0 Å². The highest BCUT2D eigenvalue weighted by molar-refractivity contribution is 9.11. The Morgan fingerprint density at radius 2 is 2.11 bits per heavy atom. The lowest BCUT2D eigenvalue weighted by Gasteiger charge is -2.06. The second-order valence-corrected chi connectivity index (χ2v) is 6.01. The lowest BCUT2D eigenvalue weighted by Crippen LogP contribution is -2.02. The predicted octanol–water partition coefficient (Wildman–Crippen LogP) is 4.00. The maximum atomic E-state index is 4.35. The standard InChI is InChI=1S/C12H14Br2N4/c1-8(2)18-7-10(5-17-18)15-6-12-11(14)3-9(13)4-16-12/h3-5,7-8,15H,6H2,1-2H3. The highest BCUT2D eigenvalue weighted by atomic mass is 79.9. The Labute approximate surface area is 123 Å². The number of nitrogens with zero attached hydrogens (tertiary/aromatic N) is 3. The zero-order valence-corrected chi connectivity index (χ0v) is 13.4. The molecule has 0 bridgehead atoms. The van der Waals surface area contributed by atoms with Crippen molar-refractivity contribution in [1.29, 1.82) is 0 Å². The van der Waals surface area contributed by atoms with Crippen molar-refractivity contribution in [1.82, 2.24) is 14.8 Å². The van der Waals surface area contributed by atoms with Crippen LogP contribution in [0.5, 0.6) is 0 Å². The molecule has 0 saturated heterocycles. The van der Waals surface area contributed by atoms with E-state index in [2.05, 4.69) is 61.1 Å². The van der Waals surface area contributed by atoms with Gasteiger partial charge in [0.1, 0.15) is 0 Å². The van der Waals surface area contributed by atoms with Crippen LogP contribution in [0.25, 0.3) is 0 Å². The molecule has 0 atom stereocenters. The number of anilines is 1. The maximum Gasteiger partial charge on any atom is 0.0737 e. The van der Waals surface area contributed by atoms with Gasteiger partial charge in [-0.25, -0.2) is 0 Å². The molecule has 96 valence electrons. The molecule has 2 aromatic rings. The van der Waals surface area contributed by atoms with Crippen LogP contribution in [-0.2, 0) is 6.54 Å². The van der Waals surface area contributed by atoms with Crippen molar-refractivity contribution in [2.24, 2.45) is 0 Å². The van der Waals surface area contributed by atoms with Gasteiger partial charge >= 0.3 is 0 Å². The summed E-state index contributed by atoms with van der Waals surface area (Å²) in [5, 5.41) is 7.58.